The van der Waals surface area contributed by atoms with Crippen LogP contribution < -0.4 is 10.6 Å². The van der Waals surface area contributed by atoms with E-state index in [1.165, 1.54) is 23.5 Å². The summed E-state index contributed by atoms with van der Waals surface area (Å²) in [6, 6.07) is -2.85. The first-order valence-corrected chi connectivity index (χ1v) is 13.3. The molecule has 10 nitrogen and oxygen atoms in total. The summed E-state index contributed by atoms with van der Waals surface area (Å²) in [6.07, 6.45) is 9.23. The van der Waals surface area contributed by atoms with Crippen LogP contribution in [0.25, 0.3) is 0 Å². The van der Waals surface area contributed by atoms with Gasteiger partial charge < -0.3 is 20.6 Å². The Bertz CT molecular complexity index is 1050. The fourth-order valence-electron chi connectivity index (χ4n) is 6.28. The number of aromatic nitrogens is 2. The molecular formula is C27H39N5O5. The number of carboxylic acid groups (broad SMARTS) is 1. The van der Waals surface area contributed by atoms with Crippen LogP contribution in [0.15, 0.2) is 18.6 Å². The van der Waals surface area contributed by atoms with Gasteiger partial charge in [-0.15, -0.1) is 0 Å². The van der Waals surface area contributed by atoms with Gasteiger partial charge >= 0.3 is 5.97 Å². The Labute approximate surface area is 218 Å². The number of hydrogen-bond donors (Lipinski definition) is 3. The highest BCUT2D eigenvalue weighted by Gasteiger charge is 2.69. The van der Waals surface area contributed by atoms with E-state index in [1.807, 2.05) is 34.6 Å². The number of carbonyl (C=O) groups is 4. The number of nitrogens with one attached hydrogen (secondary N) is 2. The Morgan fingerprint density at radius 1 is 1.08 bits per heavy atom. The van der Waals surface area contributed by atoms with Gasteiger partial charge in [-0.3, -0.25) is 19.4 Å². The zero-order valence-corrected chi connectivity index (χ0v) is 22.4. The minimum atomic E-state index is -1.02. The Morgan fingerprint density at radius 3 is 2.32 bits per heavy atom. The Kier molecular flexibility index (Phi) is 7.32. The molecule has 0 spiro atoms. The van der Waals surface area contributed by atoms with Gasteiger partial charge in [-0.2, -0.15) is 0 Å². The van der Waals surface area contributed by atoms with Crippen LogP contribution in [0.5, 0.6) is 0 Å². The molecule has 10 heteroatoms. The second kappa shape index (κ2) is 10.0. The maximum absolute atomic E-state index is 14.0. The molecule has 2 heterocycles. The van der Waals surface area contributed by atoms with Gasteiger partial charge in [0.25, 0.3) is 5.91 Å². The smallest absolute Gasteiger partial charge is 0.326 e. The quantitative estimate of drug-likeness (QED) is 0.508. The predicted octanol–water partition coefficient (Wildman–Crippen LogP) is 2.40. The van der Waals surface area contributed by atoms with Gasteiger partial charge in [-0.05, 0) is 41.9 Å². The van der Waals surface area contributed by atoms with Crippen molar-refractivity contribution < 1.29 is 24.3 Å². The summed E-state index contributed by atoms with van der Waals surface area (Å²) in [5.41, 5.74) is -0.717. The number of hydrogen-bond acceptors (Lipinski definition) is 6. The molecule has 1 saturated heterocycles. The second-order valence-corrected chi connectivity index (χ2v) is 12.5. The number of aliphatic carboxylic acids is 1. The topological polar surface area (TPSA) is 142 Å². The summed E-state index contributed by atoms with van der Waals surface area (Å²) >= 11 is 0. The Hall–Kier alpha value is -3.04. The summed E-state index contributed by atoms with van der Waals surface area (Å²) in [4.78, 5) is 62.2. The molecule has 0 aromatic carbocycles. The fraction of sp³-hybridized carbons (Fsp3) is 0.704. The van der Waals surface area contributed by atoms with E-state index in [1.54, 1.807) is 0 Å². The first kappa shape index (κ1) is 27.0. The van der Waals surface area contributed by atoms with Crippen LogP contribution in [0.4, 0.5) is 0 Å². The third kappa shape index (κ3) is 5.33. The van der Waals surface area contributed by atoms with Crippen molar-refractivity contribution >= 4 is 23.7 Å². The van der Waals surface area contributed by atoms with Crippen LogP contribution in [0.3, 0.4) is 0 Å². The minimum absolute atomic E-state index is 0.0737. The lowest BCUT2D eigenvalue weighted by Gasteiger charge is -2.38. The Morgan fingerprint density at radius 2 is 1.76 bits per heavy atom. The zero-order valence-electron chi connectivity index (χ0n) is 22.4. The number of carbonyl (C=O) groups excluding carboxylic acids is 3. The average Bonchev–Trinajstić information content (AvgIpc) is 3.18. The van der Waals surface area contributed by atoms with E-state index in [9.17, 15) is 24.3 Å². The molecule has 37 heavy (non-hydrogen) atoms. The molecular weight excluding hydrogens is 474 g/mol. The van der Waals surface area contributed by atoms with Crippen LogP contribution in [-0.4, -0.2) is 67.8 Å². The number of carboxylic acids is 1. The number of amides is 3. The minimum Gasteiger partial charge on any atom is -0.480 e. The van der Waals surface area contributed by atoms with Gasteiger partial charge in [-0.25, -0.2) is 9.78 Å². The molecule has 1 aliphatic heterocycles. The molecule has 1 aromatic heterocycles. The van der Waals surface area contributed by atoms with Crippen LogP contribution in [-0.2, 0) is 14.4 Å². The van der Waals surface area contributed by atoms with Gasteiger partial charge in [-0.1, -0.05) is 53.9 Å². The standard InChI is InChI=1S/C27H39N5O5/c1-26(2,3)20(24(35)32-18(25(36)37)13-16-21(32)27(16,4)5)31-23(34)19(15-9-7-6-8-10-15)30-22(33)17-14-28-11-12-29-17/h11-12,14-16,18-21H,6-10,13H2,1-5H3,(H,30,33)(H,31,34)(H,36,37)/t16-,18?,19-,20+,21+/m0/s1. The van der Waals surface area contributed by atoms with Crippen molar-refractivity contribution in [1.29, 1.82) is 0 Å². The van der Waals surface area contributed by atoms with E-state index in [2.05, 4.69) is 20.6 Å². The van der Waals surface area contributed by atoms with Crippen molar-refractivity contribution in [3.05, 3.63) is 24.3 Å². The van der Waals surface area contributed by atoms with E-state index < -0.39 is 41.3 Å². The molecule has 4 rings (SSSR count). The van der Waals surface area contributed by atoms with Crippen molar-refractivity contribution in [3.63, 3.8) is 0 Å². The molecule has 2 saturated carbocycles. The summed E-state index contributed by atoms with van der Waals surface area (Å²) in [5.74, 6) is -2.27. The lowest BCUT2D eigenvalue weighted by molar-refractivity contribution is -0.153. The molecule has 3 aliphatic rings. The van der Waals surface area contributed by atoms with E-state index in [4.69, 9.17) is 0 Å². The molecule has 0 radical (unpaired) electrons. The highest BCUT2D eigenvalue weighted by Crippen LogP contribution is 2.62. The molecule has 5 atom stereocenters. The van der Waals surface area contributed by atoms with E-state index in [0.29, 0.717) is 6.42 Å². The monoisotopic (exact) mass is 513 g/mol. The second-order valence-electron chi connectivity index (χ2n) is 12.5. The van der Waals surface area contributed by atoms with Gasteiger partial charge in [0.05, 0.1) is 6.20 Å². The van der Waals surface area contributed by atoms with E-state index in [-0.39, 0.29) is 34.9 Å². The fourth-order valence-corrected chi connectivity index (χ4v) is 6.28. The molecule has 1 unspecified atom stereocenters. The number of piperidine rings is 1. The third-order valence-electron chi connectivity index (χ3n) is 8.53. The summed E-state index contributed by atoms with van der Waals surface area (Å²) in [6.45, 7) is 9.65. The molecule has 3 N–H and O–H groups in total. The largest absolute Gasteiger partial charge is 0.480 e. The molecule has 1 aromatic rings. The SMILES string of the molecule is CC(C)(C)[C@H](NC(=O)[C@@H](NC(=O)c1cnccn1)C1CCCCC1)C(=O)N1C(C(=O)O)C[C@H]2[C@@H]1C2(C)C. The van der Waals surface area contributed by atoms with Gasteiger partial charge in [0, 0.05) is 18.4 Å². The lowest BCUT2D eigenvalue weighted by atomic mass is 9.82. The van der Waals surface area contributed by atoms with Gasteiger partial charge in [0.2, 0.25) is 11.8 Å². The Balaban J connectivity index is 1.58. The van der Waals surface area contributed by atoms with E-state index in [0.717, 1.165) is 32.1 Å². The lowest BCUT2D eigenvalue weighted by Crippen LogP contribution is -2.61. The van der Waals surface area contributed by atoms with Crippen LogP contribution in [0.2, 0.25) is 0 Å². The van der Waals surface area contributed by atoms with Crippen molar-refractivity contribution in [2.24, 2.45) is 22.7 Å². The average molecular weight is 514 g/mol. The number of nitrogens with zero attached hydrogens (tertiary/aromatic N) is 3. The number of likely N-dealkylation sites (tertiary alicyclic amines) is 1. The summed E-state index contributed by atoms with van der Waals surface area (Å²) in [7, 11) is 0. The normalized spacial score (nSPS) is 26.5. The molecule has 202 valence electrons. The number of rotatable bonds is 7. The maximum atomic E-state index is 14.0. The maximum Gasteiger partial charge on any atom is 0.326 e. The van der Waals surface area contributed by atoms with Gasteiger partial charge in [0.1, 0.15) is 23.8 Å². The van der Waals surface area contributed by atoms with Crippen molar-refractivity contribution in [3.8, 4) is 0 Å². The first-order valence-electron chi connectivity index (χ1n) is 13.3. The molecule has 3 fully saturated rings. The van der Waals surface area contributed by atoms with Crippen molar-refractivity contribution in [2.75, 3.05) is 0 Å². The van der Waals surface area contributed by atoms with Crippen LogP contribution in [0, 0.1) is 22.7 Å². The number of fused-ring (bicyclic) bond motifs is 1. The summed E-state index contributed by atoms with van der Waals surface area (Å²) in [5, 5.41) is 15.6. The first-order chi connectivity index (χ1) is 17.3. The van der Waals surface area contributed by atoms with Gasteiger partial charge in [0.15, 0.2) is 0 Å². The molecule has 0 bridgehead atoms. The third-order valence-corrected chi connectivity index (χ3v) is 8.53. The summed E-state index contributed by atoms with van der Waals surface area (Å²) < 4.78 is 0. The van der Waals surface area contributed by atoms with Crippen molar-refractivity contribution in [2.45, 2.75) is 97.3 Å². The highest BCUT2D eigenvalue weighted by molar-refractivity contribution is 5.98. The predicted molar refractivity (Wildman–Crippen MR) is 135 cm³/mol. The van der Waals surface area contributed by atoms with E-state index >= 15 is 0 Å². The van der Waals surface area contributed by atoms with Crippen molar-refractivity contribution in [1.82, 2.24) is 25.5 Å². The van der Waals surface area contributed by atoms with Crippen LogP contribution >= 0.6 is 0 Å². The molecule has 3 amide bonds. The molecule has 2 aliphatic carbocycles. The van der Waals surface area contributed by atoms with Crippen LogP contribution in [0.1, 0.15) is 83.6 Å². The zero-order chi connectivity index (χ0) is 27.1. The highest BCUT2D eigenvalue weighted by atomic mass is 16.4.